The van der Waals surface area contributed by atoms with Crippen molar-refractivity contribution in [2.45, 2.75) is 0 Å². The van der Waals surface area contributed by atoms with Crippen LogP contribution in [0.1, 0.15) is 0 Å². The lowest BCUT2D eigenvalue weighted by Gasteiger charge is -2.07. The van der Waals surface area contributed by atoms with Crippen LogP contribution >= 0.6 is 0 Å². The third-order valence-corrected chi connectivity index (χ3v) is 3.30. The molecule has 4 nitrogen and oxygen atoms in total. The van der Waals surface area contributed by atoms with Crippen LogP contribution in [0.5, 0.6) is 5.75 Å². The zero-order valence-corrected chi connectivity index (χ0v) is 11.4. The molecule has 0 saturated heterocycles. The van der Waals surface area contributed by atoms with Crippen LogP contribution in [0.15, 0.2) is 48.5 Å². The third-order valence-electron chi connectivity index (χ3n) is 3.30. The highest BCUT2D eigenvalue weighted by Gasteiger charge is 2.16. The molecule has 0 bridgehead atoms. The van der Waals surface area contributed by atoms with E-state index >= 15 is 0 Å². The first kappa shape index (κ1) is 13.2. The molecule has 0 saturated carbocycles. The molecular weight excluding hydrogens is 269 g/mol. The Morgan fingerprint density at radius 2 is 1.86 bits per heavy atom. The normalized spacial score (nSPS) is 10.6. The van der Waals surface area contributed by atoms with Gasteiger partial charge in [0.1, 0.15) is 0 Å². The molecule has 106 valence electrons. The number of anilines is 1. The first-order valence-electron chi connectivity index (χ1n) is 6.44. The Hall–Kier alpha value is -2.82. The monoisotopic (exact) mass is 283 g/mol. The molecule has 0 amide bonds. The molecule has 0 unspecified atom stereocenters. The number of aromatic nitrogens is 2. The van der Waals surface area contributed by atoms with E-state index in [4.69, 9.17) is 10.5 Å². The van der Waals surface area contributed by atoms with Gasteiger partial charge in [-0.1, -0.05) is 30.3 Å². The standard InChI is InChI=1S/C16H14FN3O/c1-21-13-9-11(7-8-12(13)17)15-14(16(18)20-19-15)10-5-3-2-4-6-10/h2-9H,1H3,(H3,18,19,20). The van der Waals surface area contributed by atoms with Crippen LogP contribution in [0.4, 0.5) is 10.2 Å². The summed E-state index contributed by atoms with van der Waals surface area (Å²) in [6.07, 6.45) is 0. The molecule has 0 spiro atoms. The van der Waals surface area contributed by atoms with Gasteiger partial charge in [-0.3, -0.25) is 5.10 Å². The van der Waals surface area contributed by atoms with Gasteiger partial charge in [0.15, 0.2) is 17.4 Å². The van der Waals surface area contributed by atoms with E-state index in [0.29, 0.717) is 5.82 Å². The molecule has 0 fully saturated rings. The Kier molecular flexibility index (Phi) is 3.31. The maximum Gasteiger partial charge on any atom is 0.165 e. The number of nitrogens with two attached hydrogens (primary N) is 1. The second kappa shape index (κ2) is 5.28. The van der Waals surface area contributed by atoms with Gasteiger partial charge >= 0.3 is 0 Å². The van der Waals surface area contributed by atoms with Crippen LogP contribution in [0.2, 0.25) is 0 Å². The maximum atomic E-state index is 13.5. The molecule has 0 atom stereocenters. The largest absolute Gasteiger partial charge is 0.494 e. The van der Waals surface area contributed by atoms with Crippen LogP contribution in [-0.2, 0) is 0 Å². The number of nitrogens with one attached hydrogen (secondary N) is 1. The fourth-order valence-corrected chi connectivity index (χ4v) is 2.28. The lowest BCUT2D eigenvalue weighted by atomic mass is 10.0. The van der Waals surface area contributed by atoms with E-state index in [1.54, 1.807) is 12.1 Å². The van der Waals surface area contributed by atoms with Gasteiger partial charge in [0.05, 0.1) is 18.4 Å². The van der Waals surface area contributed by atoms with Crippen molar-refractivity contribution in [1.82, 2.24) is 10.2 Å². The zero-order chi connectivity index (χ0) is 14.8. The second-order valence-electron chi connectivity index (χ2n) is 4.57. The number of aromatic amines is 1. The number of rotatable bonds is 3. The number of halogens is 1. The molecule has 3 aromatic rings. The third kappa shape index (κ3) is 2.33. The predicted octanol–water partition coefficient (Wildman–Crippen LogP) is 3.47. The molecule has 0 aliphatic carbocycles. The lowest BCUT2D eigenvalue weighted by Crippen LogP contribution is -1.91. The SMILES string of the molecule is COc1cc(-c2[nH]nc(N)c2-c2ccccc2)ccc1F. The Balaban J connectivity index is 2.17. The Bertz CT molecular complexity index is 768. The summed E-state index contributed by atoms with van der Waals surface area (Å²) in [4.78, 5) is 0. The molecule has 0 aliphatic rings. The number of H-pyrrole nitrogens is 1. The van der Waals surface area contributed by atoms with Gasteiger partial charge in [0.25, 0.3) is 0 Å². The summed E-state index contributed by atoms with van der Waals surface area (Å²) in [6.45, 7) is 0. The molecule has 1 aromatic heterocycles. The average Bonchev–Trinajstić information content (AvgIpc) is 2.90. The maximum absolute atomic E-state index is 13.5. The highest BCUT2D eigenvalue weighted by Crippen LogP contribution is 2.36. The summed E-state index contributed by atoms with van der Waals surface area (Å²) in [7, 11) is 1.43. The van der Waals surface area contributed by atoms with Gasteiger partial charge in [-0.2, -0.15) is 5.10 Å². The molecule has 21 heavy (non-hydrogen) atoms. The average molecular weight is 283 g/mol. The summed E-state index contributed by atoms with van der Waals surface area (Å²) in [5.74, 6) is 0.175. The van der Waals surface area contributed by atoms with Gasteiger partial charge in [-0.05, 0) is 23.8 Å². The summed E-state index contributed by atoms with van der Waals surface area (Å²) >= 11 is 0. The van der Waals surface area contributed by atoms with E-state index in [9.17, 15) is 4.39 Å². The Labute approximate surface area is 121 Å². The molecule has 3 N–H and O–H groups in total. The highest BCUT2D eigenvalue weighted by molar-refractivity contribution is 5.87. The minimum atomic E-state index is -0.407. The molecule has 3 rings (SSSR count). The van der Waals surface area contributed by atoms with Crippen molar-refractivity contribution >= 4 is 5.82 Å². The number of hydrogen-bond acceptors (Lipinski definition) is 3. The van der Waals surface area contributed by atoms with Crippen LogP contribution < -0.4 is 10.5 Å². The second-order valence-corrected chi connectivity index (χ2v) is 4.57. The summed E-state index contributed by atoms with van der Waals surface area (Å²) in [5, 5.41) is 6.97. The van der Waals surface area contributed by atoms with Crippen LogP contribution in [0, 0.1) is 5.82 Å². The van der Waals surface area contributed by atoms with Gasteiger partial charge in [0.2, 0.25) is 0 Å². The lowest BCUT2D eigenvalue weighted by molar-refractivity contribution is 0.387. The fourth-order valence-electron chi connectivity index (χ4n) is 2.28. The van der Waals surface area contributed by atoms with E-state index in [-0.39, 0.29) is 5.75 Å². The van der Waals surface area contributed by atoms with Crippen LogP contribution in [0.3, 0.4) is 0 Å². The van der Waals surface area contributed by atoms with Crippen molar-refractivity contribution in [3.63, 3.8) is 0 Å². The minimum absolute atomic E-state index is 0.180. The smallest absolute Gasteiger partial charge is 0.165 e. The van der Waals surface area contributed by atoms with Crippen molar-refractivity contribution in [3.8, 4) is 28.1 Å². The number of nitrogen functional groups attached to an aromatic ring is 1. The molecular formula is C16H14FN3O. The van der Waals surface area contributed by atoms with Gasteiger partial charge in [0, 0.05) is 5.56 Å². The number of hydrogen-bond donors (Lipinski definition) is 2. The number of benzene rings is 2. The molecule has 2 aromatic carbocycles. The van der Waals surface area contributed by atoms with E-state index < -0.39 is 5.82 Å². The summed E-state index contributed by atoms with van der Waals surface area (Å²) in [5.41, 5.74) is 9.20. The van der Waals surface area contributed by atoms with Crippen molar-refractivity contribution < 1.29 is 9.13 Å². The van der Waals surface area contributed by atoms with Crippen LogP contribution in [0.25, 0.3) is 22.4 Å². The van der Waals surface area contributed by atoms with Gasteiger partial charge < -0.3 is 10.5 Å². The highest BCUT2D eigenvalue weighted by atomic mass is 19.1. The predicted molar refractivity (Wildman–Crippen MR) is 80.4 cm³/mol. The Morgan fingerprint density at radius 3 is 2.57 bits per heavy atom. The van der Waals surface area contributed by atoms with Crippen molar-refractivity contribution in [3.05, 3.63) is 54.3 Å². The first-order valence-corrected chi connectivity index (χ1v) is 6.44. The minimum Gasteiger partial charge on any atom is -0.494 e. The van der Waals surface area contributed by atoms with Gasteiger partial charge in [-0.15, -0.1) is 0 Å². The zero-order valence-electron chi connectivity index (χ0n) is 11.4. The summed E-state index contributed by atoms with van der Waals surface area (Å²) < 4.78 is 18.6. The molecule has 0 aliphatic heterocycles. The van der Waals surface area contributed by atoms with E-state index in [2.05, 4.69) is 10.2 Å². The topological polar surface area (TPSA) is 63.9 Å². The van der Waals surface area contributed by atoms with Crippen molar-refractivity contribution in [1.29, 1.82) is 0 Å². The molecule has 0 radical (unpaired) electrons. The van der Waals surface area contributed by atoms with E-state index in [1.165, 1.54) is 13.2 Å². The first-order chi connectivity index (χ1) is 10.2. The molecule has 1 heterocycles. The quantitative estimate of drug-likeness (QED) is 0.773. The number of nitrogens with zero attached hydrogens (tertiary/aromatic N) is 1. The van der Waals surface area contributed by atoms with Crippen molar-refractivity contribution in [2.75, 3.05) is 12.8 Å². The molecule has 5 heteroatoms. The van der Waals surface area contributed by atoms with E-state index in [0.717, 1.165) is 22.4 Å². The van der Waals surface area contributed by atoms with Crippen LogP contribution in [-0.4, -0.2) is 17.3 Å². The fraction of sp³-hybridized carbons (Fsp3) is 0.0625. The Morgan fingerprint density at radius 1 is 1.10 bits per heavy atom. The van der Waals surface area contributed by atoms with Crippen molar-refractivity contribution in [2.24, 2.45) is 0 Å². The number of methoxy groups -OCH3 is 1. The number of ether oxygens (including phenoxy) is 1. The van der Waals surface area contributed by atoms with Gasteiger partial charge in [-0.25, -0.2) is 4.39 Å². The summed E-state index contributed by atoms with van der Waals surface area (Å²) in [6, 6.07) is 14.3. The van der Waals surface area contributed by atoms with E-state index in [1.807, 2.05) is 30.3 Å².